The maximum absolute atomic E-state index is 5.69. The first-order valence-corrected chi connectivity index (χ1v) is 8.21. The molecule has 0 fully saturated rings. The molecule has 0 saturated carbocycles. The Kier molecular flexibility index (Phi) is 4.17. The highest BCUT2D eigenvalue weighted by Crippen LogP contribution is 2.33. The summed E-state index contributed by atoms with van der Waals surface area (Å²) in [7, 11) is 0. The maximum atomic E-state index is 5.69. The molecule has 0 bridgehead atoms. The Morgan fingerprint density at radius 3 is 2.75 bits per heavy atom. The molecule has 106 valence electrons. The normalized spacial score (nSPS) is 13.9. The van der Waals surface area contributed by atoms with Crippen molar-refractivity contribution in [1.82, 2.24) is 0 Å². The van der Waals surface area contributed by atoms with Crippen molar-refractivity contribution in [3.8, 4) is 11.5 Å². The smallest absolute Gasteiger partial charge is 0.163 e. The summed E-state index contributed by atoms with van der Waals surface area (Å²) in [5.74, 6) is 1.67. The zero-order valence-electron chi connectivity index (χ0n) is 11.2. The fraction of sp³-hybridized carbons (Fsp3) is 0.333. The van der Waals surface area contributed by atoms with Gasteiger partial charge in [-0.1, -0.05) is 0 Å². The minimum Gasteiger partial charge on any atom is -0.490 e. The summed E-state index contributed by atoms with van der Waals surface area (Å²) in [6, 6.07) is 8.17. The number of aryl methyl sites for hydroxylation is 1. The second-order valence-electron chi connectivity index (χ2n) is 4.68. The van der Waals surface area contributed by atoms with Crippen molar-refractivity contribution in [1.29, 1.82) is 0 Å². The zero-order valence-corrected chi connectivity index (χ0v) is 13.6. The molecule has 20 heavy (non-hydrogen) atoms. The van der Waals surface area contributed by atoms with E-state index < -0.39 is 0 Å². The van der Waals surface area contributed by atoms with Crippen LogP contribution in [0.1, 0.15) is 16.2 Å². The number of fused-ring (bicyclic) bond motifs is 1. The Labute approximate surface area is 131 Å². The average molecular weight is 354 g/mol. The molecule has 0 amide bonds. The molecule has 3 nitrogen and oxygen atoms in total. The van der Waals surface area contributed by atoms with Crippen molar-refractivity contribution < 1.29 is 9.47 Å². The number of anilines is 1. The molecule has 1 aliphatic heterocycles. The molecule has 0 spiro atoms. The maximum Gasteiger partial charge on any atom is 0.163 e. The summed E-state index contributed by atoms with van der Waals surface area (Å²) in [5.41, 5.74) is 1.05. The van der Waals surface area contributed by atoms with Crippen molar-refractivity contribution in [2.45, 2.75) is 19.9 Å². The van der Waals surface area contributed by atoms with Gasteiger partial charge in [0.2, 0.25) is 0 Å². The van der Waals surface area contributed by atoms with Crippen molar-refractivity contribution in [2.24, 2.45) is 0 Å². The van der Waals surface area contributed by atoms with Crippen LogP contribution in [-0.4, -0.2) is 13.2 Å². The summed E-state index contributed by atoms with van der Waals surface area (Å²) in [6.45, 7) is 4.37. The second kappa shape index (κ2) is 6.06. The van der Waals surface area contributed by atoms with Crippen LogP contribution in [0, 0.1) is 6.92 Å². The van der Waals surface area contributed by atoms with Crippen LogP contribution in [0.4, 0.5) is 5.69 Å². The van der Waals surface area contributed by atoms with Crippen molar-refractivity contribution >= 4 is 33.0 Å². The molecule has 0 radical (unpaired) electrons. The van der Waals surface area contributed by atoms with Crippen LogP contribution in [0.25, 0.3) is 0 Å². The summed E-state index contributed by atoms with van der Waals surface area (Å²) in [4.78, 5) is 2.61. The topological polar surface area (TPSA) is 30.5 Å². The molecule has 0 atom stereocenters. The van der Waals surface area contributed by atoms with E-state index in [0.29, 0.717) is 6.61 Å². The van der Waals surface area contributed by atoms with Gasteiger partial charge in [-0.3, -0.25) is 0 Å². The van der Waals surface area contributed by atoms with E-state index in [0.717, 1.165) is 36.8 Å². The number of thiophene rings is 1. The SMILES string of the molecule is Cc1sc(CNc2ccc3c(c2)OCCCO3)cc1Br. The standard InChI is InChI=1S/C15H16BrNO2S/c1-10-13(16)8-12(20-10)9-17-11-3-4-14-15(7-11)19-6-2-5-18-14/h3-4,7-8,17H,2,5-6,9H2,1H3. The van der Waals surface area contributed by atoms with E-state index in [9.17, 15) is 0 Å². The highest BCUT2D eigenvalue weighted by molar-refractivity contribution is 9.10. The second-order valence-corrected chi connectivity index (χ2v) is 6.88. The first-order chi connectivity index (χ1) is 9.72. The minimum atomic E-state index is 0.716. The predicted molar refractivity (Wildman–Crippen MR) is 86.1 cm³/mol. The summed E-state index contributed by atoms with van der Waals surface area (Å²) < 4.78 is 12.5. The van der Waals surface area contributed by atoms with E-state index in [1.807, 2.05) is 18.2 Å². The molecule has 0 unspecified atom stereocenters. The molecule has 2 heterocycles. The number of hydrogen-bond donors (Lipinski definition) is 1. The van der Waals surface area contributed by atoms with Gasteiger partial charge in [-0.2, -0.15) is 0 Å². The molecular weight excluding hydrogens is 338 g/mol. The number of ether oxygens (including phenoxy) is 2. The van der Waals surface area contributed by atoms with Crippen LogP contribution in [-0.2, 0) is 6.54 Å². The Hall–Kier alpha value is -1.20. The third kappa shape index (κ3) is 3.10. The van der Waals surface area contributed by atoms with E-state index in [1.54, 1.807) is 11.3 Å². The lowest BCUT2D eigenvalue weighted by atomic mass is 10.2. The van der Waals surface area contributed by atoms with Gasteiger partial charge in [-0.25, -0.2) is 0 Å². The fourth-order valence-electron chi connectivity index (χ4n) is 2.07. The fourth-order valence-corrected chi connectivity index (χ4v) is 3.61. The van der Waals surface area contributed by atoms with Gasteiger partial charge < -0.3 is 14.8 Å². The van der Waals surface area contributed by atoms with Crippen LogP contribution in [0.2, 0.25) is 0 Å². The lowest BCUT2D eigenvalue weighted by Crippen LogP contribution is -1.99. The van der Waals surface area contributed by atoms with Gasteiger partial charge in [0.1, 0.15) is 0 Å². The van der Waals surface area contributed by atoms with Gasteiger partial charge in [0, 0.05) is 38.9 Å². The van der Waals surface area contributed by atoms with E-state index >= 15 is 0 Å². The average Bonchev–Trinajstić information content (AvgIpc) is 2.66. The van der Waals surface area contributed by atoms with Gasteiger partial charge in [0.25, 0.3) is 0 Å². The molecule has 1 aliphatic rings. The molecular formula is C15H16BrNO2S. The molecule has 2 aromatic rings. The molecule has 1 N–H and O–H groups in total. The van der Waals surface area contributed by atoms with Crippen LogP contribution >= 0.6 is 27.3 Å². The third-order valence-corrected chi connectivity index (χ3v) is 5.26. The first-order valence-electron chi connectivity index (χ1n) is 6.61. The Morgan fingerprint density at radius 1 is 1.20 bits per heavy atom. The lowest BCUT2D eigenvalue weighted by Gasteiger charge is -2.10. The van der Waals surface area contributed by atoms with E-state index in [4.69, 9.17) is 9.47 Å². The van der Waals surface area contributed by atoms with Gasteiger partial charge in [-0.05, 0) is 41.1 Å². The zero-order chi connectivity index (χ0) is 13.9. The number of hydrogen-bond acceptors (Lipinski definition) is 4. The Bertz CT molecular complexity index is 592. The summed E-state index contributed by atoms with van der Waals surface area (Å²) in [6.07, 6.45) is 0.930. The quantitative estimate of drug-likeness (QED) is 0.874. The summed E-state index contributed by atoms with van der Waals surface area (Å²) in [5, 5.41) is 3.43. The Morgan fingerprint density at radius 2 is 2.00 bits per heavy atom. The number of rotatable bonds is 3. The number of halogens is 1. The molecule has 1 aromatic carbocycles. The first kappa shape index (κ1) is 13.8. The van der Waals surface area contributed by atoms with Crippen molar-refractivity contribution in [2.75, 3.05) is 18.5 Å². The molecule has 3 rings (SSSR count). The van der Waals surface area contributed by atoms with E-state index in [-0.39, 0.29) is 0 Å². The highest BCUT2D eigenvalue weighted by atomic mass is 79.9. The van der Waals surface area contributed by atoms with Crippen LogP contribution < -0.4 is 14.8 Å². The van der Waals surface area contributed by atoms with E-state index in [2.05, 4.69) is 34.2 Å². The molecule has 5 heteroatoms. The van der Waals surface area contributed by atoms with Gasteiger partial charge >= 0.3 is 0 Å². The monoisotopic (exact) mass is 353 g/mol. The highest BCUT2D eigenvalue weighted by Gasteiger charge is 2.10. The van der Waals surface area contributed by atoms with Gasteiger partial charge in [-0.15, -0.1) is 11.3 Å². The minimum absolute atomic E-state index is 0.716. The van der Waals surface area contributed by atoms with E-state index in [1.165, 1.54) is 14.2 Å². The largest absolute Gasteiger partial charge is 0.490 e. The Balaban J connectivity index is 1.70. The lowest BCUT2D eigenvalue weighted by molar-refractivity contribution is 0.297. The summed E-state index contributed by atoms with van der Waals surface area (Å²) >= 11 is 5.35. The van der Waals surface area contributed by atoms with Crippen LogP contribution in [0.3, 0.4) is 0 Å². The van der Waals surface area contributed by atoms with Crippen molar-refractivity contribution in [3.63, 3.8) is 0 Å². The predicted octanol–water partition coefficient (Wildman–Crippen LogP) is 4.59. The molecule has 0 saturated heterocycles. The molecule has 0 aliphatic carbocycles. The van der Waals surface area contributed by atoms with Gasteiger partial charge in [0.05, 0.1) is 13.2 Å². The number of nitrogens with one attached hydrogen (secondary N) is 1. The van der Waals surface area contributed by atoms with Crippen LogP contribution in [0.15, 0.2) is 28.7 Å². The van der Waals surface area contributed by atoms with Crippen LogP contribution in [0.5, 0.6) is 11.5 Å². The number of benzene rings is 1. The van der Waals surface area contributed by atoms with Gasteiger partial charge in [0.15, 0.2) is 11.5 Å². The molecule has 1 aromatic heterocycles. The third-order valence-electron chi connectivity index (χ3n) is 3.12. The van der Waals surface area contributed by atoms with Crippen molar-refractivity contribution in [3.05, 3.63) is 38.5 Å².